The lowest BCUT2D eigenvalue weighted by atomic mass is 10.1. The van der Waals surface area contributed by atoms with Gasteiger partial charge in [-0.2, -0.15) is 0 Å². The van der Waals surface area contributed by atoms with Gasteiger partial charge in [0, 0.05) is 16.8 Å². The maximum absolute atomic E-state index is 12.3. The smallest absolute Gasteiger partial charge is 0.255 e. The van der Waals surface area contributed by atoms with Gasteiger partial charge in [-0.3, -0.25) is 9.89 Å². The maximum Gasteiger partial charge on any atom is 0.255 e. The second-order valence-corrected chi connectivity index (χ2v) is 5.53. The van der Waals surface area contributed by atoms with E-state index in [0.29, 0.717) is 28.0 Å². The third-order valence-corrected chi connectivity index (χ3v) is 3.66. The minimum atomic E-state index is -0.264. The number of thioether (sulfide) groups is 1. The zero-order chi connectivity index (χ0) is 17.4. The highest BCUT2D eigenvalue weighted by Gasteiger charge is 2.10. The number of aldehydes is 1. The van der Waals surface area contributed by atoms with Gasteiger partial charge in [0.25, 0.3) is 5.91 Å². The number of hydrogen-bond acceptors (Lipinski definition) is 5. The summed E-state index contributed by atoms with van der Waals surface area (Å²) < 4.78 is 0. The molecule has 1 heterocycles. The summed E-state index contributed by atoms with van der Waals surface area (Å²) in [4.78, 5) is 27.0. The van der Waals surface area contributed by atoms with Gasteiger partial charge in [-0.15, -0.1) is 5.10 Å². The molecule has 1 amide bonds. The first-order valence-electron chi connectivity index (χ1n) is 7.03. The molecule has 0 unspecified atom stereocenters. The minimum absolute atomic E-state index is 0.264. The molecule has 0 saturated carbocycles. The molecule has 122 valence electrons. The number of amides is 1. The molecule has 0 aliphatic rings. The first-order chi connectivity index (χ1) is 11.7. The standard InChI is InChI=1S/C17H16N4O2S/c1-3-6-14(4-2)18-16(23)13-8-5-7-12(11-13)15-19-17(21-20-15)24-10-9-22/h3-9,11H,1-2,10H2,(H,18,23)(H,19,20,21)/b14-6+. The number of benzene rings is 1. The number of H-pyrrole nitrogens is 1. The Labute approximate surface area is 143 Å². The molecule has 1 aromatic carbocycles. The molecular weight excluding hydrogens is 324 g/mol. The number of aromatic nitrogens is 3. The average molecular weight is 340 g/mol. The van der Waals surface area contributed by atoms with Crippen molar-refractivity contribution in [2.45, 2.75) is 5.16 Å². The molecule has 0 aliphatic heterocycles. The van der Waals surface area contributed by atoms with Gasteiger partial charge in [0.1, 0.15) is 6.29 Å². The van der Waals surface area contributed by atoms with Gasteiger partial charge in [-0.25, -0.2) is 4.98 Å². The molecule has 0 atom stereocenters. The topological polar surface area (TPSA) is 87.7 Å². The molecule has 7 heteroatoms. The van der Waals surface area contributed by atoms with Crippen molar-refractivity contribution in [1.82, 2.24) is 20.5 Å². The van der Waals surface area contributed by atoms with Gasteiger partial charge in [0.05, 0.1) is 5.75 Å². The van der Waals surface area contributed by atoms with E-state index in [1.54, 1.807) is 30.4 Å². The molecule has 0 saturated heterocycles. The fourth-order valence-corrected chi connectivity index (χ4v) is 2.33. The van der Waals surface area contributed by atoms with Gasteiger partial charge in [-0.1, -0.05) is 43.1 Å². The van der Waals surface area contributed by atoms with Gasteiger partial charge in [-0.05, 0) is 24.3 Å². The van der Waals surface area contributed by atoms with E-state index in [9.17, 15) is 9.59 Å². The van der Waals surface area contributed by atoms with Crippen molar-refractivity contribution in [3.8, 4) is 11.4 Å². The van der Waals surface area contributed by atoms with E-state index in [1.807, 2.05) is 6.07 Å². The lowest BCUT2D eigenvalue weighted by Gasteiger charge is -2.06. The third-order valence-electron chi connectivity index (χ3n) is 2.92. The van der Waals surface area contributed by atoms with Gasteiger partial charge in [0.2, 0.25) is 5.16 Å². The fraction of sp³-hybridized carbons (Fsp3) is 0.0588. The number of allylic oxidation sites excluding steroid dienone is 3. The molecule has 6 nitrogen and oxygen atoms in total. The molecular formula is C17H16N4O2S. The summed E-state index contributed by atoms with van der Waals surface area (Å²) in [7, 11) is 0. The van der Waals surface area contributed by atoms with Crippen molar-refractivity contribution < 1.29 is 9.59 Å². The van der Waals surface area contributed by atoms with Crippen molar-refractivity contribution in [3.05, 3.63) is 66.9 Å². The molecule has 0 spiro atoms. The SMILES string of the molecule is C=C/C=C(\C=C)NC(=O)c1cccc(-c2nc(SCC=O)n[nH]2)c1. The highest BCUT2D eigenvalue weighted by molar-refractivity contribution is 7.99. The predicted octanol–water partition coefficient (Wildman–Crippen LogP) is 2.75. The van der Waals surface area contributed by atoms with E-state index in [4.69, 9.17) is 0 Å². The minimum Gasteiger partial charge on any atom is -0.322 e. The van der Waals surface area contributed by atoms with Crippen LogP contribution in [0.4, 0.5) is 0 Å². The normalized spacial score (nSPS) is 10.9. The molecule has 0 radical (unpaired) electrons. The van der Waals surface area contributed by atoms with Gasteiger partial charge >= 0.3 is 0 Å². The van der Waals surface area contributed by atoms with Crippen LogP contribution in [0.5, 0.6) is 0 Å². The van der Waals surface area contributed by atoms with Crippen LogP contribution in [-0.4, -0.2) is 33.1 Å². The molecule has 2 aromatic rings. The first kappa shape index (κ1) is 17.4. The molecule has 0 aliphatic carbocycles. The lowest BCUT2D eigenvalue weighted by molar-refractivity contribution is -0.105. The average Bonchev–Trinajstić information content (AvgIpc) is 3.08. The summed E-state index contributed by atoms with van der Waals surface area (Å²) >= 11 is 1.23. The van der Waals surface area contributed by atoms with E-state index in [-0.39, 0.29) is 5.91 Å². The molecule has 24 heavy (non-hydrogen) atoms. The van der Waals surface area contributed by atoms with E-state index >= 15 is 0 Å². The Bertz CT molecular complexity index is 795. The Kier molecular flexibility index (Phi) is 6.27. The lowest BCUT2D eigenvalue weighted by Crippen LogP contribution is -2.21. The summed E-state index contributed by atoms with van der Waals surface area (Å²) in [6.45, 7) is 7.22. The Morgan fingerprint density at radius 1 is 1.38 bits per heavy atom. The van der Waals surface area contributed by atoms with Crippen molar-refractivity contribution in [3.63, 3.8) is 0 Å². The predicted molar refractivity (Wildman–Crippen MR) is 94.5 cm³/mol. The number of rotatable bonds is 8. The fourth-order valence-electron chi connectivity index (χ4n) is 1.85. The summed E-state index contributed by atoms with van der Waals surface area (Å²) in [5.41, 5.74) is 1.76. The van der Waals surface area contributed by atoms with E-state index in [1.165, 1.54) is 17.8 Å². The van der Waals surface area contributed by atoms with Gasteiger partial charge < -0.3 is 10.1 Å². The van der Waals surface area contributed by atoms with Crippen LogP contribution in [0.25, 0.3) is 11.4 Å². The van der Waals surface area contributed by atoms with E-state index in [0.717, 1.165) is 11.8 Å². The Hall–Kier alpha value is -2.93. The monoisotopic (exact) mass is 340 g/mol. The van der Waals surface area contributed by atoms with Crippen molar-refractivity contribution in [1.29, 1.82) is 0 Å². The van der Waals surface area contributed by atoms with Crippen LogP contribution in [-0.2, 0) is 4.79 Å². The quantitative estimate of drug-likeness (QED) is 0.438. The first-order valence-corrected chi connectivity index (χ1v) is 8.02. The highest BCUT2D eigenvalue weighted by Crippen LogP contribution is 2.20. The van der Waals surface area contributed by atoms with E-state index in [2.05, 4.69) is 33.7 Å². The number of nitrogens with one attached hydrogen (secondary N) is 2. The molecule has 0 bridgehead atoms. The zero-order valence-corrected chi connectivity index (χ0v) is 13.7. The highest BCUT2D eigenvalue weighted by atomic mass is 32.2. The second kappa shape index (κ2) is 8.64. The van der Waals surface area contributed by atoms with E-state index < -0.39 is 0 Å². The maximum atomic E-state index is 12.3. The number of nitrogens with zero attached hydrogens (tertiary/aromatic N) is 2. The Morgan fingerprint density at radius 3 is 2.92 bits per heavy atom. The summed E-state index contributed by atoms with van der Waals surface area (Å²) in [5.74, 6) is 0.559. The zero-order valence-electron chi connectivity index (χ0n) is 12.9. The van der Waals surface area contributed by atoms with Crippen LogP contribution in [0.3, 0.4) is 0 Å². The van der Waals surface area contributed by atoms with Crippen LogP contribution in [0.2, 0.25) is 0 Å². The van der Waals surface area contributed by atoms with Crippen LogP contribution in [0, 0.1) is 0 Å². The van der Waals surface area contributed by atoms with Crippen molar-refractivity contribution in [2.24, 2.45) is 0 Å². The van der Waals surface area contributed by atoms with Crippen LogP contribution in [0.15, 0.2) is 66.5 Å². The Balaban J connectivity index is 2.19. The summed E-state index contributed by atoms with van der Waals surface area (Å²) in [6, 6.07) is 6.99. The molecule has 0 fully saturated rings. The summed E-state index contributed by atoms with van der Waals surface area (Å²) in [5, 5.41) is 10.0. The van der Waals surface area contributed by atoms with Gasteiger partial charge in [0.15, 0.2) is 5.82 Å². The largest absolute Gasteiger partial charge is 0.322 e. The van der Waals surface area contributed by atoms with Crippen LogP contribution >= 0.6 is 11.8 Å². The molecule has 2 N–H and O–H groups in total. The second-order valence-electron chi connectivity index (χ2n) is 4.54. The number of carbonyl (C=O) groups excluding carboxylic acids is 2. The van der Waals surface area contributed by atoms with Crippen molar-refractivity contribution in [2.75, 3.05) is 5.75 Å². The number of hydrogen-bond donors (Lipinski definition) is 2. The Morgan fingerprint density at radius 2 is 2.21 bits per heavy atom. The van der Waals surface area contributed by atoms with Crippen LogP contribution < -0.4 is 5.32 Å². The van der Waals surface area contributed by atoms with Crippen molar-refractivity contribution >= 4 is 24.0 Å². The third kappa shape index (κ3) is 4.53. The molecule has 2 rings (SSSR count). The molecule has 1 aromatic heterocycles. The number of aromatic amines is 1. The summed E-state index contributed by atoms with van der Waals surface area (Å²) in [6.07, 6.45) is 5.55. The number of carbonyl (C=O) groups is 2. The van der Waals surface area contributed by atoms with Crippen LogP contribution in [0.1, 0.15) is 10.4 Å².